The molecule has 0 atom stereocenters. The number of thioether (sulfide) groups is 1. The number of nitrogens with zero attached hydrogens (tertiary/aromatic N) is 2. The number of halogens is 3. The lowest BCUT2D eigenvalue weighted by molar-refractivity contribution is -0.143. The zero-order valence-electron chi connectivity index (χ0n) is 16.3. The monoisotopic (exact) mass is 450 g/mol. The number of aromatic nitrogens is 1. The number of carbonyl (C=O) groups is 1. The van der Waals surface area contributed by atoms with E-state index in [1.54, 1.807) is 60.4 Å². The molecule has 0 spiro atoms. The molecule has 0 amide bonds. The largest absolute Gasteiger partial charge is 0.461 e. The Kier molecular flexibility index (Phi) is 6.29. The van der Waals surface area contributed by atoms with Gasteiger partial charge in [-0.2, -0.15) is 18.4 Å². The number of thiophene rings is 1. The molecule has 0 radical (unpaired) electrons. The van der Waals surface area contributed by atoms with Crippen molar-refractivity contribution < 1.29 is 22.7 Å². The van der Waals surface area contributed by atoms with Gasteiger partial charge in [0.2, 0.25) is 0 Å². The van der Waals surface area contributed by atoms with Crippen LogP contribution in [0.25, 0.3) is 21.6 Å². The predicted molar refractivity (Wildman–Crippen MR) is 112 cm³/mol. The maximum atomic E-state index is 13.7. The Hall–Kier alpha value is -2.70. The van der Waals surface area contributed by atoms with Crippen LogP contribution in [0.15, 0.2) is 40.6 Å². The van der Waals surface area contributed by atoms with E-state index in [0.29, 0.717) is 10.1 Å². The summed E-state index contributed by atoms with van der Waals surface area (Å²) in [6.07, 6.45) is -2.84. The number of ether oxygens (including phenoxy) is 1. The highest BCUT2D eigenvalue weighted by Gasteiger charge is 2.42. The standard InChI is InChI=1S/C21H17F3N2O2S2/c1-4-28-20(27)17-16(14(11-25)19(26(17)2)21(22,23)24)12-5-7-13(8-6-12)18-15(29-3)9-10-30-18/h5-10H,4H2,1-3H3. The lowest BCUT2D eigenvalue weighted by Gasteiger charge is -2.10. The summed E-state index contributed by atoms with van der Waals surface area (Å²) < 4.78 is 46.7. The molecule has 0 aliphatic carbocycles. The lowest BCUT2D eigenvalue weighted by Crippen LogP contribution is -2.17. The quantitative estimate of drug-likeness (QED) is 0.343. The maximum Gasteiger partial charge on any atom is 0.432 e. The molecule has 9 heteroatoms. The Morgan fingerprint density at radius 1 is 1.23 bits per heavy atom. The molecule has 0 unspecified atom stereocenters. The summed E-state index contributed by atoms with van der Waals surface area (Å²) in [5.41, 5.74) is -0.896. The van der Waals surface area contributed by atoms with Crippen LogP contribution in [0.2, 0.25) is 0 Å². The van der Waals surface area contributed by atoms with Gasteiger partial charge in [-0.05, 0) is 35.8 Å². The Balaban J connectivity index is 2.22. The van der Waals surface area contributed by atoms with Crippen LogP contribution < -0.4 is 0 Å². The first-order valence-electron chi connectivity index (χ1n) is 8.83. The van der Waals surface area contributed by atoms with E-state index < -0.39 is 23.4 Å². The molecule has 3 aromatic rings. The molecule has 0 bridgehead atoms. The van der Waals surface area contributed by atoms with Crippen molar-refractivity contribution in [3.05, 3.63) is 52.7 Å². The van der Waals surface area contributed by atoms with E-state index in [0.717, 1.165) is 22.4 Å². The number of carbonyl (C=O) groups excluding carboxylic acids is 1. The average molecular weight is 451 g/mol. The van der Waals surface area contributed by atoms with Gasteiger partial charge in [0.15, 0.2) is 0 Å². The molecular weight excluding hydrogens is 433 g/mol. The molecule has 0 fully saturated rings. The van der Waals surface area contributed by atoms with E-state index in [4.69, 9.17) is 4.74 Å². The van der Waals surface area contributed by atoms with Crippen molar-refractivity contribution in [3.63, 3.8) is 0 Å². The third-order valence-corrected chi connectivity index (χ3v) is 6.40. The first-order valence-corrected chi connectivity index (χ1v) is 10.9. The van der Waals surface area contributed by atoms with Crippen molar-refractivity contribution in [2.45, 2.75) is 18.0 Å². The van der Waals surface area contributed by atoms with Gasteiger partial charge in [0.1, 0.15) is 17.5 Å². The van der Waals surface area contributed by atoms with Crippen molar-refractivity contribution in [1.29, 1.82) is 5.26 Å². The number of rotatable bonds is 5. The van der Waals surface area contributed by atoms with Crippen molar-refractivity contribution in [2.24, 2.45) is 7.05 Å². The second-order valence-corrected chi connectivity index (χ2v) is 8.00. The fourth-order valence-electron chi connectivity index (χ4n) is 3.30. The van der Waals surface area contributed by atoms with Crippen LogP contribution in [0, 0.1) is 11.3 Å². The van der Waals surface area contributed by atoms with Gasteiger partial charge in [-0.3, -0.25) is 0 Å². The maximum absolute atomic E-state index is 13.7. The normalized spacial score (nSPS) is 11.4. The molecule has 0 saturated carbocycles. The minimum Gasteiger partial charge on any atom is -0.461 e. The first-order chi connectivity index (χ1) is 14.2. The second kappa shape index (κ2) is 8.58. The molecule has 30 heavy (non-hydrogen) atoms. The van der Waals surface area contributed by atoms with E-state index >= 15 is 0 Å². The Bertz CT molecular complexity index is 1120. The smallest absolute Gasteiger partial charge is 0.432 e. The Morgan fingerprint density at radius 3 is 2.40 bits per heavy atom. The highest BCUT2D eigenvalue weighted by molar-refractivity contribution is 7.98. The van der Waals surface area contributed by atoms with Gasteiger partial charge in [-0.15, -0.1) is 23.1 Å². The summed E-state index contributed by atoms with van der Waals surface area (Å²) in [6, 6.07) is 10.4. The number of alkyl halides is 3. The molecule has 1 aromatic carbocycles. The van der Waals surface area contributed by atoms with Gasteiger partial charge in [-0.1, -0.05) is 24.3 Å². The minimum atomic E-state index is -4.80. The summed E-state index contributed by atoms with van der Waals surface area (Å²) in [6.45, 7) is 1.57. The van der Waals surface area contributed by atoms with E-state index in [-0.39, 0.29) is 17.9 Å². The van der Waals surface area contributed by atoms with Gasteiger partial charge in [0, 0.05) is 22.4 Å². The number of esters is 1. The highest BCUT2D eigenvalue weighted by Crippen LogP contribution is 2.42. The highest BCUT2D eigenvalue weighted by atomic mass is 32.2. The van der Waals surface area contributed by atoms with Crippen molar-refractivity contribution in [2.75, 3.05) is 12.9 Å². The molecule has 2 aromatic heterocycles. The van der Waals surface area contributed by atoms with Crippen molar-refractivity contribution in [3.8, 4) is 27.6 Å². The predicted octanol–water partition coefficient (Wildman–Crippen LogP) is 6.21. The SMILES string of the molecule is CCOC(=O)c1c(-c2ccc(-c3sccc3SC)cc2)c(C#N)c(C(F)(F)F)n1C. The Morgan fingerprint density at radius 2 is 1.87 bits per heavy atom. The lowest BCUT2D eigenvalue weighted by atomic mass is 9.99. The van der Waals surface area contributed by atoms with Crippen LogP contribution >= 0.6 is 23.1 Å². The molecule has 4 nitrogen and oxygen atoms in total. The second-order valence-electron chi connectivity index (χ2n) is 6.23. The summed E-state index contributed by atoms with van der Waals surface area (Å²) in [5.74, 6) is -0.908. The molecule has 156 valence electrons. The Labute approximate surface area is 179 Å². The summed E-state index contributed by atoms with van der Waals surface area (Å²) in [5, 5.41) is 11.5. The average Bonchev–Trinajstić information content (AvgIpc) is 3.29. The van der Waals surface area contributed by atoms with Crippen LogP contribution in [0.5, 0.6) is 0 Å². The molecule has 0 N–H and O–H groups in total. The summed E-state index contributed by atoms with van der Waals surface area (Å²) in [7, 11) is 1.12. The first kappa shape index (κ1) is 22.0. The van der Waals surface area contributed by atoms with Crippen molar-refractivity contribution >= 4 is 29.1 Å². The number of benzene rings is 1. The van der Waals surface area contributed by atoms with Crippen LogP contribution in [-0.4, -0.2) is 23.4 Å². The zero-order chi connectivity index (χ0) is 22.1. The minimum absolute atomic E-state index is 0.00146. The molecule has 2 heterocycles. The van der Waals surface area contributed by atoms with Gasteiger partial charge in [0.05, 0.1) is 12.2 Å². The molecular formula is C21H17F3N2O2S2. The third kappa shape index (κ3) is 3.85. The third-order valence-electron chi connectivity index (χ3n) is 4.53. The summed E-state index contributed by atoms with van der Waals surface area (Å²) >= 11 is 3.16. The van der Waals surface area contributed by atoms with Gasteiger partial charge in [0.25, 0.3) is 0 Å². The number of hydrogen-bond donors (Lipinski definition) is 0. The van der Waals surface area contributed by atoms with Crippen LogP contribution in [0.3, 0.4) is 0 Å². The molecule has 0 saturated heterocycles. The fourth-order valence-corrected chi connectivity index (χ4v) is 5.09. The molecule has 3 rings (SSSR count). The van der Waals surface area contributed by atoms with Crippen LogP contribution in [-0.2, 0) is 18.0 Å². The van der Waals surface area contributed by atoms with E-state index in [1.165, 1.54) is 0 Å². The van der Waals surface area contributed by atoms with Gasteiger partial charge >= 0.3 is 12.1 Å². The van der Waals surface area contributed by atoms with Crippen LogP contribution in [0.1, 0.15) is 28.7 Å². The summed E-state index contributed by atoms with van der Waals surface area (Å²) in [4.78, 5) is 14.6. The van der Waals surface area contributed by atoms with Gasteiger partial charge in [-0.25, -0.2) is 4.79 Å². The van der Waals surface area contributed by atoms with E-state index in [9.17, 15) is 23.2 Å². The molecule has 0 aliphatic heterocycles. The van der Waals surface area contributed by atoms with Crippen LogP contribution in [0.4, 0.5) is 13.2 Å². The van der Waals surface area contributed by atoms with E-state index in [1.807, 2.05) is 17.7 Å². The number of nitriles is 1. The molecule has 0 aliphatic rings. The van der Waals surface area contributed by atoms with Gasteiger partial charge < -0.3 is 9.30 Å². The van der Waals surface area contributed by atoms with Crippen molar-refractivity contribution in [1.82, 2.24) is 4.57 Å². The fraction of sp³-hybridized carbons (Fsp3) is 0.238. The zero-order valence-corrected chi connectivity index (χ0v) is 18.0. The topological polar surface area (TPSA) is 55.0 Å². The van der Waals surface area contributed by atoms with E-state index in [2.05, 4.69) is 0 Å². The number of hydrogen-bond acceptors (Lipinski definition) is 5.